The summed E-state index contributed by atoms with van der Waals surface area (Å²) in [6.07, 6.45) is 7.09. The van der Waals surface area contributed by atoms with Crippen LogP contribution < -0.4 is 5.73 Å². The van der Waals surface area contributed by atoms with Gasteiger partial charge in [0.25, 0.3) is 0 Å². The minimum atomic E-state index is 0.00178. The molecule has 0 aromatic rings. The molecule has 3 rings (SSSR count). The topological polar surface area (TPSA) is 68.0 Å². The number of carbonyl (C=O) groups excluding carboxylic acids is 1. The fourth-order valence-corrected chi connectivity index (χ4v) is 4.63. The monoisotopic (exact) mass is 367 g/mol. The summed E-state index contributed by atoms with van der Waals surface area (Å²) in [5, 5.41) is 0. The van der Waals surface area contributed by atoms with Gasteiger partial charge in [0, 0.05) is 25.7 Å². The van der Waals surface area contributed by atoms with Gasteiger partial charge in [-0.25, -0.2) is 4.79 Å². The van der Waals surface area contributed by atoms with E-state index < -0.39 is 0 Å². The lowest BCUT2D eigenvalue weighted by Gasteiger charge is -2.43. The molecule has 3 aliphatic rings. The molecule has 0 spiro atoms. The Balaban J connectivity index is 1.52. The standard InChI is InChI=1S/C20H37N3O3/c1-15(2)16-5-7-17(8-6-16)26-14-19-18(21)4-3-9-23(19)20(24)22-10-12-25-13-11-22/h15-19H,3-14,21H2,1-2H3/t16?,17?,18-,19-/m0/s1. The smallest absolute Gasteiger partial charge is 0.320 e. The predicted octanol–water partition coefficient (Wildman–Crippen LogP) is 2.46. The molecule has 0 unspecified atom stereocenters. The molecule has 26 heavy (non-hydrogen) atoms. The second-order valence-corrected chi connectivity index (χ2v) is 8.56. The van der Waals surface area contributed by atoms with Crippen molar-refractivity contribution < 1.29 is 14.3 Å². The van der Waals surface area contributed by atoms with E-state index >= 15 is 0 Å². The molecule has 0 aromatic heterocycles. The van der Waals surface area contributed by atoms with Crippen molar-refractivity contribution >= 4 is 6.03 Å². The minimum absolute atomic E-state index is 0.00178. The fourth-order valence-electron chi connectivity index (χ4n) is 4.63. The van der Waals surface area contributed by atoms with Crippen LogP contribution >= 0.6 is 0 Å². The molecule has 2 N–H and O–H groups in total. The molecule has 0 bridgehead atoms. The predicted molar refractivity (Wildman–Crippen MR) is 102 cm³/mol. The second-order valence-electron chi connectivity index (χ2n) is 8.56. The number of rotatable bonds is 4. The van der Waals surface area contributed by atoms with Crippen LogP contribution in [-0.4, -0.2) is 73.5 Å². The highest BCUT2D eigenvalue weighted by atomic mass is 16.5. The van der Waals surface area contributed by atoms with E-state index in [1.807, 2.05) is 9.80 Å². The molecule has 2 atom stereocenters. The van der Waals surface area contributed by atoms with E-state index in [2.05, 4.69) is 13.8 Å². The Morgan fingerprint density at radius 1 is 1.12 bits per heavy atom. The van der Waals surface area contributed by atoms with E-state index in [-0.39, 0.29) is 18.1 Å². The van der Waals surface area contributed by atoms with Crippen LogP contribution in [0.5, 0.6) is 0 Å². The number of nitrogens with two attached hydrogens (primary N) is 1. The fraction of sp³-hybridized carbons (Fsp3) is 0.950. The molecule has 150 valence electrons. The number of piperidine rings is 1. The summed E-state index contributed by atoms with van der Waals surface area (Å²) in [7, 11) is 0. The normalized spacial score (nSPS) is 33.5. The molecule has 6 heteroatoms. The Hall–Kier alpha value is -0.850. The van der Waals surface area contributed by atoms with Crippen LogP contribution in [0, 0.1) is 11.8 Å². The van der Waals surface area contributed by atoms with E-state index in [0.29, 0.717) is 39.0 Å². The second kappa shape index (κ2) is 9.38. The Kier molecular flexibility index (Phi) is 7.18. The van der Waals surface area contributed by atoms with Crippen LogP contribution in [-0.2, 0) is 9.47 Å². The van der Waals surface area contributed by atoms with Gasteiger partial charge in [0.2, 0.25) is 0 Å². The molecule has 2 amide bonds. The van der Waals surface area contributed by atoms with E-state index in [0.717, 1.165) is 44.1 Å². The van der Waals surface area contributed by atoms with Crippen molar-refractivity contribution in [3.05, 3.63) is 0 Å². The molecule has 0 radical (unpaired) electrons. The van der Waals surface area contributed by atoms with Gasteiger partial charge in [0.05, 0.1) is 32.0 Å². The van der Waals surface area contributed by atoms with Crippen LogP contribution in [0.4, 0.5) is 4.79 Å². The van der Waals surface area contributed by atoms with Gasteiger partial charge >= 0.3 is 6.03 Å². The van der Waals surface area contributed by atoms with Crippen LogP contribution in [0.25, 0.3) is 0 Å². The maximum absolute atomic E-state index is 13.0. The largest absolute Gasteiger partial charge is 0.378 e. The summed E-state index contributed by atoms with van der Waals surface area (Å²) in [4.78, 5) is 16.8. The van der Waals surface area contributed by atoms with Gasteiger partial charge in [-0.3, -0.25) is 0 Å². The van der Waals surface area contributed by atoms with Crippen molar-refractivity contribution in [3.63, 3.8) is 0 Å². The minimum Gasteiger partial charge on any atom is -0.378 e. The SMILES string of the molecule is CC(C)C1CCC(OC[C@H]2[C@@H](N)CCCN2C(=O)N2CCOCC2)CC1. The van der Waals surface area contributed by atoms with Crippen molar-refractivity contribution in [2.24, 2.45) is 17.6 Å². The molecular weight excluding hydrogens is 330 g/mol. The first kappa shape index (κ1) is 19.9. The lowest BCUT2D eigenvalue weighted by atomic mass is 9.80. The highest BCUT2D eigenvalue weighted by Gasteiger charge is 2.36. The van der Waals surface area contributed by atoms with Gasteiger partial charge in [-0.1, -0.05) is 13.8 Å². The van der Waals surface area contributed by atoms with Crippen molar-refractivity contribution in [2.45, 2.75) is 70.6 Å². The third-order valence-corrected chi connectivity index (χ3v) is 6.52. The van der Waals surface area contributed by atoms with Crippen molar-refractivity contribution in [1.82, 2.24) is 9.80 Å². The lowest BCUT2D eigenvalue weighted by molar-refractivity contribution is -0.0291. The summed E-state index contributed by atoms with van der Waals surface area (Å²) in [6.45, 7) is 8.63. The molecule has 1 saturated carbocycles. The zero-order valence-electron chi connectivity index (χ0n) is 16.6. The Bertz CT molecular complexity index is 446. The molecule has 6 nitrogen and oxygen atoms in total. The number of amides is 2. The molecule has 2 heterocycles. The zero-order chi connectivity index (χ0) is 18.5. The highest BCUT2D eigenvalue weighted by molar-refractivity contribution is 5.75. The highest BCUT2D eigenvalue weighted by Crippen LogP contribution is 2.31. The third-order valence-electron chi connectivity index (χ3n) is 6.52. The molecule has 1 aliphatic carbocycles. The van der Waals surface area contributed by atoms with E-state index in [4.69, 9.17) is 15.2 Å². The number of morpholine rings is 1. The number of carbonyl (C=O) groups is 1. The number of hydrogen-bond donors (Lipinski definition) is 1. The van der Waals surface area contributed by atoms with Crippen molar-refractivity contribution in [1.29, 1.82) is 0 Å². The van der Waals surface area contributed by atoms with Gasteiger partial charge < -0.3 is 25.0 Å². The maximum Gasteiger partial charge on any atom is 0.320 e. The number of hydrogen-bond acceptors (Lipinski definition) is 4. The van der Waals surface area contributed by atoms with Gasteiger partial charge in [-0.15, -0.1) is 0 Å². The summed E-state index contributed by atoms with van der Waals surface area (Å²) in [5.41, 5.74) is 6.40. The van der Waals surface area contributed by atoms with Crippen LogP contribution in [0.2, 0.25) is 0 Å². The van der Waals surface area contributed by atoms with Gasteiger partial charge in [-0.05, 0) is 50.4 Å². The van der Waals surface area contributed by atoms with E-state index in [1.54, 1.807) is 0 Å². The van der Waals surface area contributed by atoms with Crippen LogP contribution in [0.15, 0.2) is 0 Å². The van der Waals surface area contributed by atoms with E-state index in [9.17, 15) is 4.79 Å². The summed E-state index contributed by atoms with van der Waals surface area (Å²) < 4.78 is 11.6. The van der Waals surface area contributed by atoms with Crippen molar-refractivity contribution in [3.8, 4) is 0 Å². The number of urea groups is 1. The average Bonchev–Trinajstić information content (AvgIpc) is 2.67. The van der Waals surface area contributed by atoms with Gasteiger partial charge in [-0.2, -0.15) is 0 Å². The molecule has 3 fully saturated rings. The first-order valence-corrected chi connectivity index (χ1v) is 10.6. The van der Waals surface area contributed by atoms with Crippen LogP contribution in [0.3, 0.4) is 0 Å². The average molecular weight is 368 g/mol. The Morgan fingerprint density at radius 3 is 2.46 bits per heavy atom. The molecule has 2 saturated heterocycles. The molecule has 2 aliphatic heterocycles. The summed E-state index contributed by atoms with van der Waals surface area (Å²) in [6, 6.07) is 0.128. The number of likely N-dealkylation sites (tertiary alicyclic amines) is 1. The third kappa shape index (κ3) is 4.90. The summed E-state index contributed by atoms with van der Waals surface area (Å²) in [5.74, 6) is 1.61. The first-order valence-electron chi connectivity index (χ1n) is 10.6. The van der Waals surface area contributed by atoms with Crippen LogP contribution in [0.1, 0.15) is 52.4 Å². The van der Waals surface area contributed by atoms with Gasteiger partial charge in [0.15, 0.2) is 0 Å². The van der Waals surface area contributed by atoms with Crippen molar-refractivity contribution in [2.75, 3.05) is 39.5 Å². The summed E-state index contributed by atoms with van der Waals surface area (Å²) >= 11 is 0. The first-order chi connectivity index (χ1) is 12.6. The molecule has 0 aromatic carbocycles. The lowest BCUT2D eigenvalue weighted by Crippen LogP contribution is -2.60. The quantitative estimate of drug-likeness (QED) is 0.829. The maximum atomic E-state index is 13.0. The Labute approximate surface area is 158 Å². The number of ether oxygens (including phenoxy) is 2. The van der Waals surface area contributed by atoms with E-state index in [1.165, 1.54) is 12.8 Å². The Morgan fingerprint density at radius 2 is 1.81 bits per heavy atom. The number of nitrogens with zero attached hydrogens (tertiary/aromatic N) is 2. The molecular formula is C20H37N3O3. The van der Waals surface area contributed by atoms with Gasteiger partial charge in [0.1, 0.15) is 0 Å². The zero-order valence-corrected chi connectivity index (χ0v) is 16.6.